The van der Waals surface area contributed by atoms with Crippen LogP contribution < -0.4 is 11.1 Å². The number of nitrogens with two attached hydrogens (primary N) is 1. The molecule has 1 aromatic carbocycles. The minimum atomic E-state index is 0.634. The summed E-state index contributed by atoms with van der Waals surface area (Å²) in [5, 5.41) is 3.82. The van der Waals surface area contributed by atoms with E-state index in [1.54, 1.807) is 19.3 Å². The summed E-state index contributed by atoms with van der Waals surface area (Å²) in [5.41, 5.74) is 8.24. The van der Waals surface area contributed by atoms with Gasteiger partial charge >= 0.3 is 0 Å². The van der Waals surface area contributed by atoms with Gasteiger partial charge < -0.3 is 11.1 Å². The maximum absolute atomic E-state index is 6.19. The van der Waals surface area contributed by atoms with Crippen LogP contribution in [0.4, 0.5) is 11.4 Å². The van der Waals surface area contributed by atoms with Gasteiger partial charge in [0.05, 0.1) is 11.4 Å². The third kappa shape index (κ3) is 3.25. The average molecular weight is 353 g/mol. The van der Waals surface area contributed by atoms with E-state index in [0.29, 0.717) is 6.04 Å². The quantitative estimate of drug-likeness (QED) is 0.646. The van der Waals surface area contributed by atoms with Crippen LogP contribution in [0.3, 0.4) is 0 Å². The van der Waals surface area contributed by atoms with E-state index < -0.39 is 0 Å². The van der Waals surface area contributed by atoms with Gasteiger partial charge in [0.25, 0.3) is 0 Å². The van der Waals surface area contributed by atoms with Gasteiger partial charge in [0, 0.05) is 6.04 Å². The van der Waals surface area contributed by atoms with Crippen molar-refractivity contribution in [1.29, 1.82) is 0 Å². The van der Waals surface area contributed by atoms with Crippen LogP contribution in [-0.2, 0) is 0 Å². The van der Waals surface area contributed by atoms with Crippen LogP contribution in [0.5, 0.6) is 0 Å². The smallest absolute Gasteiger partial charge is 0.0576 e. The van der Waals surface area contributed by atoms with E-state index >= 15 is 0 Å². The Bertz CT molecular complexity index is 600. The number of anilines is 2. The molecular weight excluding hydrogens is 316 g/mol. The molecule has 2 heteroatoms. The molecule has 0 saturated heterocycles. The van der Waals surface area contributed by atoms with Crippen LogP contribution in [0, 0.1) is 35.5 Å². The lowest BCUT2D eigenvalue weighted by atomic mass is 9.54. The van der Waals surface area contributed by atoms with Crippen molar-refractivity contribution in [2.24, 2.45) is 35.5 Å². The van der Waals surface area contributed by atoms with Crippen LogP contribution >= 0.6 is 0 Å². The van der Waals surface area contributed by atoms with Gasteiger partial charge in [-0.15, -0.1) is 0 Å². The summed E-state index contributed by atoms with van der Waals surface area (Å²) < 4.78 is 0. The number of hydrogen-bond acceptors (Lipinski definition) is 2. The molecule has 7 atom stereocenters. The topological polar surface area (TPSA) is 38.0 Å². The SMILES string of the molecule is Nc1ccccc1NC1C[C@H]2CCC[C@@H](C1)[C@@H]2[C@H]1C[C@@H]2CCC[C@@H](C2)C1. The molecule has 4 fully saturated rings. The molecule has 0 amide bonds. The molecule has 4 bridgehead atoms. The van der Waals surface area contributed by atoms with Gasteiger partial charge in [0.1, 0.15) is 0 Å². The van der Waals surface area contributed by atoms with Crippen LogP contribution in [0.1, 0.15) is 70.6 Å². The van der Waals surface area contributed by atoms with Crippen molar-refractivity contribution in [1.82, 2.24) is 0 Å². The fourth-order valence-electron chi connectivity index (χ4n) is 7.62. The van der Waals surface area contributed by atoms with E-state index in [1.165, 1.54) is 51.4 Å². The van der Waals surface area contributed by atoms with E-state index in [9.17, 15) is 0 Å². The maximum atomic E-state index is 6.19. The lowest BCUT2D eigenvalue weighted by Crippen LogP contribution is -2.46. The predicted molar refractivity (Wildman–Crippen MR) is 110 cm³/mol. The normalized spacial score (nSPS) is 42.2. The Morgan fingerprint density at radius 2 is 1.38 bits per heavy atom. The van der Waals surface area contributed by atoms with Crippen molar-refractivity contribution >= 4 is 11.4 Å². The first kappa shape index (κ1) is 17.0. The Balaban J connectivity index is 1.29. The summed E-state index contributed by atoms with van der Waals surface area (Å²) in [6, 6.07) is 8.95. The van der Waals surface area contributed by atoms with Crippen molar-refractivity contribution in [3.63, 3.8) is 0 Å². The number of nitrogens with one attached hydrogen (secondary N) is 1. The first-order chi connectivity index (χ1) is 12.8. The Morgan fingerprint density at radius 3 is 2.08 bits per heavy atom. The number of para-hydroxylation sites is 2. The standard InChI is InChI=1S/C24H36N2/c25-22-9-1-2-10-23(22)26-21-14-18-7-4-8-19(15-21)24(18)20-12-16-5-3-6-17(11-16)13-20/h1-2,9-10,16-21,24,26H,3-8,11-15,25H2/t16-,17+,18-,19+,20+,21?,24-. The number of fused-ring (bicyclic) bond motifs is 4. The van der Waals surface area contributed by atoms with Crippen LogP contribution in [-0.4, -0.2) is 6.04 Å². The van der Waals surface area contributed by atoms with Crippen LogP contribution in [0.15, 0.2) is 24.3 Å². The molecule has 0 aliphatic heterocycles. The number of benzene rings is 1. The molecular formula is C24H36N2. The average Bonchev–Trinajstić information content (AvgIpc) is 2.62. The van der Waals surface area contributed by atoms with Crippen molar-refractivity contribution in [3.8, 4) is 0 Å². The predicted octanol–water partition coefficient (Wildman–Crippen LogP) is 6.09. The van der Waals surface area contributed by atoms with Gasteiger partial charge in [-0.3, -0.25) is 0 Å². The van der Waals surface area contributed by atoms with E-state index in [1.807, 2.05) is 12.1 Å². The zero-order valence-electron chi connectivity index (χ0n) is 16.2. The molecule has 0 radical (unpaired) electrons. The Morgan fingerprint density at radius 1 is 0.731 bits per heavy atom. The maximum Gasteiger partial charge on any atom is 0.0576 e. The lowest BCUT2D eigenvalue weighted by molar-refractivity contribution is -0.00750. The van der Waals surface area contributed by atoms with E-state index in [0.717, 1.165) is 46.9 Å². The fourth-order valence-corrected chi connectivity index (χ4v) is 7.62. The second-order valence-corrected chi connectivity index (χ2v) is 10.1. The van der Waals surface area contributed by atoms with Crippen LogP contribution in [0.25, 0.3) is 0 Å². The number of hydrogen-bond donors (Lipinski definition) is 2. The molecule has 3 N–H and O–H groups in total. The van der Waals surface area contributed by atoms with Gasteiger partial charge in [-0.25, -0.2) is 0 Å². The molecule has 2 nitrogen and oxygen atoms in total. The highest BCUT2D eigenvalue weighted by atomic mass is 14.9. The first-order valence-corrected chi connectivity index (χ1v) is 11.4. The molecule has 0 spiro atoms. The number of rotatable bonds is 3. The van der Waals surface area contributed by atoms with Gasteiger partial charge in [-0.2, -0.15) is 0 Å². The van der Waals surface area contributed by atoms with E-state index in [4.69, 9.17) is 5.73 Å². The van der Waals surface area contributed by atoms with Crippen molar-refractivity contribution in [3.05, 3.63) is 24.3 Å². The summed E-state index contributed by atoms with van der Waals surface area (Å²) >= 11 is 0. The Labute approximate surface area is 159 Å². The summed E-state index contributed by atoms with van der Waals surface area (Å²) in [6.45, 7) is 0. The Kier molecular flexibility index (Phi) is 4.63. The Hall–Kier alpha value is -1.18. The largest absolute Gasteiger partial charge is 0.397 e. The molecule has 4 aliphatic rings. The minimum absolute atomic E-state index is 0.634. The lowest BCUT2D eigenvalue weighted by Gasteiger charge is -2.52. The summed E-state index contributed by atoms with van der Waals surface area (Å²) in [6.07, 6.45) is 16.5. The minimum Gasteiger partial charge on any atom is -0.397 e. The highest BCUT2D eigenvalue weighted by Gasteiger charge is 2.46. The molecule has 0 heterocycles. The highest BCUT2D eigenvalue weighted by Crippen LogP contribution is 2.54. The molecule has 0 aromatic heterocycles. The van der Waals surface area contributed by atoms with Gasteiger partial charge in [0.15, 0.2) is 0 Å². The van der Waals surface area contributed by atoms with Gasteiger partial charge in [0.2, 0.25) is 0 Å². The third-order valence-corrected chi connectivity index (χ3v) is 8.44. The van der Waals surface area contributed by atoms with E-state index in [2.05, 4.69) is 17.4 Å². The summed E-state index contributed by atoms with van der Waals surface area (Å²) in [5.74, 6) is 6.18. The van der Waals surface area contributed by atoms with Gasteiger partial charge in [-0.1, -0.05) is 50.7 Å². The number of nitrogen functional groups attached to an aromatic ring is 1. The second kappa shape index (κ2) is 7.09. The van der Waals surface area contributed by atoms with Crippen molar-refractivity contribution in [2.45, 2.75) is 76.7 Å². The highest BCUT2D eigenvalue weighted by molar-refractivity contribution is 5.66. The molecule has 26 heavy (non-hydrogen) atoms. The molecule has 1 unspecified atom stereocenters. The summed E-state index contributed by atoms with van der Waals surface area (Å²) in [7, 11) is 0. The van der Waals surface area contributed by atoms with Gasteiger partial charge in [-0.05, 0) is 79.7 Å². The molecule has 4 saturated carbocycles. The zero-order chi connectivity index (χ0) is 17.5. The molecule has 142 valence electrons. The molecule has 4 aliphatic carbocycles. The molecule has 5 rings (SSSR count). The second-order valence-electron chi connectivity index (χ2n) is 10.1. The first-order valence-electron chi connectivity index (χ1n) is 11.4. The van der Waals surface area contributed by atoms with E-state index in [-0.39, 0.29) is 0 Å². The van der Waals surface area contributed by atoms with Crippen molar-refractivity contribution in [2.75, 3.05) is 11.1 Å². The summed E-state index contributed by atoms with van der Waals surface area (Å²) in [4.78, 5) is 0. The monoisotopic (exact) mass is 352 g/mol. The van der Waals surface area contributed by atoms with Crippen LogP contribution in [0.2, 0.25) is 0 Å². The fraction of sp³-hybridized carbons (Fsp3) is 0.750. The third-order valence-electron chi connectivity index (χ3n) is 8.44. The molecule has 1 aromatic rings. The van der Waals surface area contributed by atoms with Crippen molar-refractivity contribution < 1.29 is 0 Å². The zero-order valence-corrected chi connectivity index (χ0v) is 16.2.